The van der Waals surface area contributed by atoms with Gasteiger partial charge >= 0.3 is 0 Å². The average molecular weight is 110 g/mol. The van der Waals surface area contributed by atoms with Crippen LogP contribution in [0.25, 0.3) is 0 Å². The van der Waals surface area contributed by atoms with Crippen molar-refractivity contribution in [2.24, 2.45) is 11.8 Å². The summed E-state index contributed by atoms with van der Waals surface area (Å²) >= 11 is 0. The maximum absolute atomic E-state index is 5.76. The van der Waals surface area contributed by atoms with Crippen molar-refractivity contribution in [2.45, 2.75) is 33.5 Å². The van der Waals surface area contributed by atoms with Gasteiger partial charge in [0.2, 0.25) is 0 Å². The van der Waals surface area contributed by atoms with Crippen LogP contribution >= 0.6 is 0 Å². The van der Waals surface area contributed by atoms with E-state index in [1.165, 1.54) is 0 Å². The molecule has 0 amide bonds. The van der Waals surface area contributed by atoms with E-state index in [9.17, 15) is 0 Å². The first-order chi connectivity index (χ1) is 3.55. The molecule has 0 aromatic rings. The highest BCUT2D eigenvalue weighted by Crippen LogP contribution is 2.21. The van der Waals surface area contributed by atoms with Crippen LogP contribution in [0.2, 0.25) is 5.82 Å². The van der Waals surface area contributed by atoms with Gasteiger partial charge in [-0.1, -0.05) is 45.3 Å². The van der Waals surface area contributed by atoms with E-state index >= 15 is 0 Å². The van der Waals surface area contributed by atoms with Gasteiger partial charge in [0.1, 0.15) is 0 Å². The molecule has 0 aromatic carbocycles. The van der Waals surface area contributed by atoms with E-state index in [1.54, 1.807) is 0 Å². The summed E-state index contributed by atoms with van der Waals surface area (Å²) in [5.41, 5.74) is 0. The minimum Gasteiger partial charge on any atom is -0.0729 e. The molecule has 0 aromatic heterocycles. The molecule has 1 heteroatoms. The SMILES string of the molecule is [B]C(C(C)C)C(C)C. The third kappa shape index (κ3) is 2.39. The van der Waals surface area contributed by atoms with Gasteiger partial charge in [-0.2, -0.15) is 0 Å². The van der Waals surface area contributed by atoms with E-state index < -0.39 is 0 Å². The third-order valence-corrected chi connectivity index (χ3v) is 1.54. The predicted octanol–water partition coefficient (Wildman–Crippen LogP) is 2.26. The van der Waals surface area contributed by atoms with Crippen molar-refractivity contribution in [1.82, 2.24) is 0 Å². The smallest absolute Gasteiger partial charge is 0.0706 e. The van der Waals surface area contributed by atoms with Gasteiger partial charge in [0.25, 0.3) is 0 Å². The summed E-state index contributed by atoms with van der Waals surface area (Å²) in [5, 5.41) is 0. The van der Waals surface area contributed by atoms with Gasteiger partial charge in [-0.3, -0.25) is 0 Å². The molecule has 0 rings (SSSR count). The minimum atomic E-state index is 0.370. The Labute approximate surface area is 54.1 Å². The second-order valence-electron chi connectivity index (χ2n) is 3.07. The lowest BCUT2D eigenvalue weighted by Gasteiger charge is -2.19. The molecule has 46 valence electrons. The van der Waals surface area contributed by atoms with Crippen LogP contribution in [0.4, 0.5) is 0 Å². The van der Waals surface area contributed by atoms with Crippen LogP contribution in [0, 0.1) is 11.8 Å². The van der Waals surface area contributed by atoms with Crippen LogP contribution in [0.1, 0.15) is 27.7 Å². The molecule has 0 saturated carbocycles. The number of hydrogen-bond donors (Lipinski definition) is 0. The summed E-state index contributed by atoms with van der Waals surface area (Å²) in [5.74, 6) is 1.61. The van der Waals surface area contributed by atoms with Crippen molar-refractivity contribution in [3.05, 3.63) is 0 Å². The Balaban J connectivity index is 3.46. The summed E-state index contributed by atoms with van der Waals surface area (Å²) in [7, 11) is 5.76. The Morgan fingerprint density at radius 1 is 0.875 bits per heavy atom. The Morgan fingerprint density at radius 2 is 1.12 bits per heavy atom. The molecule has 2 radical (unpaired) electrons. The van der Waals surface area contributed by atoms with Gasteiger partial charge in [-0.15, -0.1) is 0 Å². The fourth-order valence-corrected chi connectivity index (χ4v) is 0.770. The van der Waals surface area contributed by atoms with Crippen molar-refractivity contribution in [3.63, 3.8) is 0 Å². The second-order valence-corrected chi connectivity index (χ2v) is 3.07. The quantitative estimate of drug-likeness (QED) is 0.478. The first kappa shape index (κ1) is 8.06. The molecule has 0 heterocycles. The zero-order chi connectivity index (χ0) is 6.73. The summed E-state index contributed by atoms with van der Waals surface area (Å²) in [6.45, 7) is 8.63. The van der Waals surface area contributed by atoms with Gasteiger partial charge < -0.3 is 0 Å². The predicted molar refractivity (Wildman–Crippen MR) is 39.2 cm³/mol. The lowest BCUT2D eigenvalue weighted by atomic mass is 9.71. The molecule has 0 aliphatic heterocycles. The highest BCUT2D eigenvalue weighted by molar-refractivity contribution is 6.11. The van der Waals surface area contributed by atoms with Crippen molar-refractivity contribution >= 4 is 7.85 Å². The van der Waals surface area contributed by atoms with E-state index in [-0.39, 0.29) is 0 Å². The summed E-state index contributed by atoms with van der Waals surface area (Å²) in [4.78, 5) is 0. The molecule has 0 unspecified atom stereocenters. The van der Waals surface area contributed by atoms with Crippen LogP contribution in [0.15, 0.2) is 0 Å². The van der Waals surface area contributed by atoms with Crippen LogP contribution in [0.5, 0.6) is 0 Å². The molecule has 0 nitrogen and oxygen atoms in total. The largest absolute Gasteiger partial charge is 0.0729 e. The van der Waals surface area contributed by atoms with Crippen molar-refractivity contribution in [1.29, 1.82) is 0 Å². The summed E-state index contributed by atoms with van der Waals surface area (Å²) in [6, 6.07) is 0. The lowest BCUT2D eigenvalue weighted by molar-refractivity contribution is 0.469. The van der Waals surface area contributed by atoms with Crippen LogP contribution in [0.3, 0.4) is 0 Å². The highest BCUT2D eigenvalue weighted by Gasteiger charge is 2.09. The first-order valence-corrected chi connectivity index (χ1v) is 3.31. The Morgan fingerprint density at radius 3 is 1.12 bits per heavy atom. The van der Waals surface area contributed by atoms with Crippen molar-refractivity contribution in [3.8, 4) is 0 Å². The fraction of sp³-hybridized carbons (Fsp3) is 1.00. The monoisotopic (exact) mass is 110 g/mol. The van der Waals surface area contributed by atoms with Gasteiger partial charge in [0.15, 0.2) is 0 Å². The summed E-state index contributed by atoms with van der Waals surface area (Å²) in [6.07, 6.45) is 0. The topological polar surface area (TPSA) is 0 Å². The highest BCUT2D eigenvalue weighted by atomic mass is 14.1. The van der Waals surface area contributed by atoms with Crippen molar-refractivity contribution in [2.75, 3.05) is 0 Å². The zero-order valence-electron chi connectivity index (χ0n) is 6.31. The van der Waals surface area contributed by atoms with E-state index in [0.29, 0.717) is 17.7 Å². The Kier molecular flexibility index (Phi) is 3.19. The van der Waals surface area contributed by atoms with Gasteiger partial charge in [0, 0.05) is 0 Å². The maximum atomic E-state index is 5.76. The van der Waals surface area contributed by atoms with Gasteiger partial charge in [-0.25, -0.2) is 0 Å². The third-order valence-electron chi connectivity index (χ3n) is 1.54. The van der Waals surface area contributed by atoms with Gasteiger partial charge in [0.05, 0.1) is 7.85 Å². The minimum absolute atomic E-state index is 0.370. The van der Waals surface area contributed by atoms with Gasteiger partial charge in [-0.05, 0) is 0 Å². The number of hydrogen-bond acceptors (Lipinski definition) is 0. The Bertz CT molecular complexity index is 49.4. The molecule has 0 saturated heterocycles. The van der Waals surface area contributed by atoms with Crippen LogP contribution in [-0.4, -0.2) is 7.85 Å². The molecule has 0 spiro atoms. The number of rotatable bonds is 2. The molecule has 0 fully saturated rings. The Hall–Kier alpha value is 0.0649. The second kappa shape index (κ2) is 3.16. The molecule has 0 atom stereocenters. The zero-order valence-corrected chi connectivity index (χ0v) is 6.31. The summed E-state index contributed by atoms with van der Waals surface area (Å²) < 4.78 is 0. The van der Waals surface area contributed by atoms with E-state index in [1.807, 2.05) is 0 Å². The van der Waals surface area contributed by atoms with Crippen molar-refractivity contribution < 1.29 is 0 Å². The molecule has 0 aliphatic carbocycles. The van der Waals surface area contributed by atoms with E-state index in [4.69, 9.17) is 7.85 Å². The van der Waals surface area contributed by atoms with E-state index in [0.717, 1.165) is 0 Å². The lowest BCUT2D eigenvalue weighted by Crippen LogP contribution is -2.08. The van der Waals surface area contributed by atoms with Crippen LogP contribution in [-0.2, 0) is 0 Å². The molecule has 8 heavy (non-hydrogen) atoms. The molecular formula is C7H15B. The molecule has 0 N–H and O–H groups in total. The normalized spacial score (nSPS) is 11.9. The standard InChI is InChI=1S/C7H15B/c1-5(2)7(8)6(3)4/h5-7H,1-4H3. The molecule has 0 aliphatic rings. The maximum Gasteiger partial charge on any atom is 0.0706 e. The molecule has 0 bridgehead atoms. The average Bonchev–Trinajstić information content (AvgIpc) is 1.64. The first-order valence-electron chi connectivity index (χ1n) is 3.31. The fourth-order valence-electron chi connectivity index (χ4n) is 0.770. The van der Waals surface area contributed by atoms with Crippen LogP contribution < -0.4 is 0 Å². The molecular weight excluding hydrogens is 94.9 g/mol. The van der Waals surface area contributed by atoms with E-state index in [2.05, 4.69) is 27.7 Å².